The minimum atomic E-state index is -0.298. The summed E-state index contributed by atoms with van der Waals surface area (Å²) < 4.78 is 0. The maximum Gasteiger partial charge on any atom is 0.325 e. The number of aryl methyl sites for hydroxylation is 1. The Morgan fingerprint density at radius 2 is 2.20 bits per heavy atom. The van der Waals surface area contributed by atoms with Crippen LogP contribution < -0.4 is 10.6 Å². The lowest BCUT2D eigenvalue weighted by atomic mass is 10.1. The van der Waals surface area contributed by atoms with Crippen molar-refractivity contribution >= 4 is 28.2 Å². The Labute approximate surface area is 122 Å². The highest BCUT2D eigenvalue weighted by atomic mass is 32.1. The van der Waals surface area contributed by atoms with Gasteiger partial charge in [0.2, 0.25) is 0 Å². The summed E-state index contributed by atoms with van der Waals surface area (Å²) in [6, 6.07) is -0.298. The Hall–Kier alpha value is -1.89. The molecule has 0 bridgehead atoms. The molecule has 0 spiro atoms. The number of carbonyl (C=O) groups is 1. The van der Waals surface area contributed by atoms with Crippen LogP contribution in [-0.2, 0) is 6.42 Å². The van der Waals surface area contributed by atoms with Crippen molar-refractivity contribution in [2.24, 2.45) is 0 Å². The van der Waals surface area contributed by atoms with Crippen LogP contribution in [0.3, 0.4) is 0 Å². The largest absolute Gasteiger partial charge is 0.325 e. The van der Waals surface area contributed by atoms with Gasteiger partial charge in [0.15, 0.2) is 5.82 Å². The van der Waals surface area contributed by atoms with Crippen molar-refractivity contribution in [2.45, 2.75) is 40.0 Å². The number of H-pyrrole nitrogens is 1. The molecule has 0 saturated heterocycles. The van der Waals surface area contributed by atoms with Crippen LogP contribution in [0.2, 0.25) is 0 Å². The molecule has 0 aromatic carbocycles. The van der Waals surface area contributed by atoms with E-state index in [1.54, 1.807) is 5.51 Å². The average molecular weight is 293 g/mol. The van der Waals surface area contributed by atoms with Gasteiger partial charge in [0.05, 0.1) is 11.2 Å². The number of nitrogens with zero attached hydrogens (tertiary/aromatic N) is 2. The van der Waals surface area contributed by atoms with Crippen LogP contribution in [-0.4, -0.2) is 21.2 Å². The maximum absolute atomic E-state index is 12.0. The number of amides is 2. The first-order valence-corrected chi connectivity index (χ1v) is 7.46. The van der Waals surface area contributed by atoms with Gasteiger partial charge in [0.1, 0.15) is 5.00 Å². The van der Waals surface area contributed by atoms with Gasteiger partial charge in [0, 0.05) is 11.3 Å². The van der Waals surface area contributed by atoms with Gasteiger partial charge in [-0.1, -0.05) is 20.8 Å². The lowest BCUT2D eigenvalue weighted by Gasteiger charge is -2.08. The number of anilines is 2. The molecular weight excluding hydrogens is 274 g/mol. The van der Waals surface area contributed by atoms with Crippen molar-refractivity contribution in [3.05, 3.63) is 22.5 Å². The van der Waals surface area contributed by atoms with Crippen LogP contribution in [0.25, 0.3) is 0 Å². The molecule has 0 saturated carbocycles. The van der Waals surface area contributed by atoms with Crippen LogP contribution >= 0.6 is 11.3 Å². The molecule has 0 atom stereocenters. The third kappa shape index (κ3) is 2.98. The number of carbonyl (C=O) groups excluding carboxylic acids is 1. The normalized spacial score (nSPS) is 10.8. The minimum Gasteiger partial charge on any atom is -0.297 e. The second kappa shape index (κ2) is 6.04. The van der Waals surface area contributed by atoms with Gasteiger partial charge in [-0.3, -0.25) is 15.7 Å². The molecule has 0 aliphatic carbocycles. The van der Waals surface area contributed by atoms with E-state index in [-0.39, 0.29) is 11.9 Å². The Morgan fingerprint density at radius 1 is 1.45 bits per heavy atom. The van der Waals surface area contributed by atoms with Gasteiger partial charge in [0.25, 0.3) is 0 Å². The van der Waals surface area contributed by atoms with Gasteiger partial charge in [-0.2, -0.15) is 5.10 Å². The number of aromatic nitrogens is 3. The highest BCUT2D eigenvalue weighted by molar-refractivity contribution is 7.14. The van der Waals surface area contributed by atoms with Gasteiger partial charge >= 0.3 is 6.03 Å². The van der Waals surface area contributed by atoms with Crippen LogP contribution in [0.4, 0.5) is 15.6 Å². The van der Waals surface area contributed by atoms with E-state index in [0.717, 1.165) is 28.4 Å². The van der Waals surface area contributed by atoms with Crippen LogP contribution in [0.15, 0.2) is 5.51 Å². The molecule has 3 N–H and O–H groups in total. The minimum absolute atomic E-state index is 0.273. The molecule has 2 heterocycles. The molecule has 2 rings (SSSR count). The molecule has 2 aromatic rings. The van der Waals surface area contributed by atoms with E-state index in [4.69, 9.17) is 0 Å². The number of hydrogen-bond donors (Lipinski definition) is 3. The van der Waals surface area contributed by atoms with E-state index >= 15 is 0 Å². The molecule has 7 heteroatoms. The molecule has 6 nitrogen and oxygen atoms in total. The average Bonchev–Trinajstić information content (AvgIpc) is 2.98. The van der Waals surface area contributed by atoms with Crippen molar-refractivity contribution in [1.29, 1.82) is 0 Å². The van der Waals surface area contributed by atoms with Gasteiger partial charge in [-0.05, 0) is 19.3 Å². The SMILES string of the molecule is CCc1[nH]nc(NC(=O)Nc2scnc2C(C)C)c1C. The monoisotopic (exact) mass is 293 g/mol. The third-order valence-corrected chi connectivity index (χ3v) is 3.82. The Kier molecular flexibility index (Phi) is 4.39. The quantitative estimate of drug-likeness (QED) is 0.806. The molecule has 2 aromatic heterocycles. The number of nitrogens with one attached hydrogen (secondary N) is 3. The summed E-state index contributed by atoms with van der Waals surface area (Å²) in [7, 11) is 0. The van der Waals surface area contributed by atoms with E-state index in [1.165, 1.54) is 11.3 Å². The molecule has 0 aliphatic heterocycles. The van der Waals surface area contributed by atoms with Crippen LogP contribution in [0, 0.1) is 6.92 Å². The van der Waals surface area contributed by atoms with E-state index in [9.17, 15) is 4.79 Å². The van der Waals surface area contributed by atoms with Crippen molar-refractivity contribution in [2.75, 3.05) is 10.6 Å². The molecule has 0 fully saturated rings. The summed E-state index contributed by atoms with van der Waals surface area (Å²) in [5.41, 5.74) is 4.63. The number of thiazole rings is 1. The summed E-state index contributed by atoms with van der Waals surface area (Å²) in [6.45, 7) is 8.06. The molecule has 0 aliphatic rings. The van der Waals surface area contributed by atoms with Crippen LogP contribution in [0.1, 0.15) is 43.6 Å². The van der Waals surface area contributed by atoms with Gasteiger partial charge in [-0.15, -0.1) is 11.3 Å². The molecule has 2 amide bonds. The summed E-state index contributed by atoms with van der Waals surface area (Å²) in [5.74, 6) is 0.838. The second-order valence-electron chi connectivity index (χ2n) is 4.83. The summed E-state index contributed by atoms with van der Waals surface area (Å²) in [6.07, 6.45) is 0.856. The Bertz CT molecular complexity index is 602. The smallest absolute Gasteiger partial charge is 0.297 e. The highest BCUT2D eigenvalue weighted by Gasteiger charge is 2.15. The molecule has 0 unspecified atom stereocenters. The highest BCUT2D eigenvalue weighted by Crippen LogP contribution is 2.27. The van der Waals surface area contributed by atoms with Gasteiger partial charge in [-0.25, -0.2) is 9.78 Å². The molecule has 108 valence electrons. The predicted molar refractivity (Wildman–Crippen MR) is 81.5 cm³/mol. The summed E-state index contributed by atoms with van der Waals surface area (Å²) in [4.78, 5) is 16.3. The zero-order valence-corrected chi connectivity index (χ0v) is 12.9. The zero-order valence-electron chi connectivity index (χ0n) is 12.1. The number of urea groups is 1. The first-order chi connectivity index (χ1) is 9.52. The molecule has 0 radical (unpaired) electrons. The third-order valence-electron chi connectivity index (χ3n) is 3.06. The summed E-state index contributed by atoms with van der Waals surface area (Å²) in [5, 5.41) is 13.4. The Morgan fingerprint density at radius 3 is 2.80 bits per heavy atom. The fourth-order valence-corrected chi connectivity index (χ4v) is 2.73. The van der Waals surface area contributed by atoms with E-state index in [1.807, 2.05) is 27.7 Å². The molecular formula is C13H19N5OS. The number of hydrogen-bond acceptors (Lipinski definition) is 4. The van der Waals surface area contributed by atoms with Crippen molar-refractivity contribution < 1.29 is 4.79 Å². The standard InChI is InChI=1S/C13H19N5OS/c1-5-9-8(4)11(18-17-9)15-13(19)16-12-10(7(2)3)14-6-20-12/h6-7H,5H2,1-4H3,(H3,15,16,17,18,19). The first kappa shape index (κ1) is 14.5. The summed E-state index contributed by atoms with van der Waals surface area (Å²) >= 11 is 1.42. The van der Waals surface area contributed by atoms with Crippen molar-refractivity contribution in [3.8, 4) is 0 Å². The Balaban J connectivity index is 2.05. The maximum atomic E-state index is 12.0. The van der Waals surface area contributed by atoms with Crippen molar-refractivity contribution in [1.82, 2.24) is 15.2 Å². The van der Waals surface area contributed by atoms with Crippen LogP contribution in [0.5, 0.6) is 0 Å². The zero-order chi connectivity index (χ0) is 14.7. The lowest BCUT2D eigenvalue weighted by Crippen LogP contribution is -2.20. The van der Waals surface area contributed by atoms with E-state index in [2.05, 4.69) is 25.8 Å². The second-order valence-corrected chi connectivity index (χ2v) is 5.68. The fourth-order valence-electron chi connectivity index (χ4n) is 1.90. The predicted octanol–water partition coefficient (Wildman–Crippen LogP) is 3.50. The van der Waals surface area contributed by atoms with E-state index < -0.39 is 0 Å². The van der Waals surface area contributed by atoms with Crippen molar-refractivity contribution in [3.63, 3.8) is 0 Å². The fraction of sp³-hybridized carbons (Fsp3) is 0.462. The topological polar surface area (TPSA) is 82.7 Å². The van der Waals surface area contributed by atoms with Gasteiger partial charge < -0.3 is 0 Å². The number of rotatable bonds is 4. The molecule has 20 heavy (non-hydrogen) atoms. The lowest BCUT2D eigenvalue weighted by molar-refractivity contribution is 0.262. The first-order valence-electron chi connectivity index (χ1n) is 6.58. The van der Waals surface area contributed by atoms with E-state index in [0.29, 0.717) is 5.82 Å². The number of aromatic amines is 1.